The van der Waals surface area contributed by atoms with E-state index in [4.69, 9.17) is 11.5 Å². The van der Waals surface area contributed by atoms with Crippen LogP contribution in [-0.4, -0.2) is 48.3 Å². The minimum atomic E-state index is -0.655. The molecule has 116 valence electrons. The Kier molecular flexibility index (Phi) is 7.83. The quantitative estimate of drug-likeness (QED) is 0.533. The second-order valence-electron chi connectivity index (χ2n) is 5.62. The molecule has 0 rings (SSSR count). The highest BCUT2D eigenvalue weighted by Gasteiger charge is 2.21. The van der Waals surface area contributed by atoms with Crippen molar-refractivity contribution in [2.75, 3.05) is 19.6 Å². The highest BCUT2D eigenvalue weighted by atomic mass is 16.2. The van der Waals surface area contributed by atoms with Crippen LogP contribution in [0.15, 0.2) is 0 Å². The molecule has 0 saturated carbocycles. The Labute approximate surface area is 120 Å². The molecule has 3 amide bonds. The Morgan fingerprint density at radius 2 is 1.70 bits per heavy atom. The van der Waals surface area contributed by atoms with Crippen molar-refractivity contribution in [3.05, 3.63) is 0 Å². The Bertz CT molecular complexity index is 356. The lowest BCUT2D eigenvalue weighted by atomic mass is 10.1. The SMILES string of the molecule is CC(C)CN(CC(N)=O)C(=O)CNC(=O)[C@@H](N)C(C)C. The molecular weight excluding hydrogens is 260 g/mol. The van der Waals surface area contributed by atoms with E-state index in [0.717, 1.165) is 0 Å². The van der Waals surface area contributed by atoms with Crippen molar-refractivity contribution >= 4 is 17.7 Å². The number of carbonyl (C=O) groups is 3. The van der Waals surface area contributed by atoms with Gasteiger partial charge in [0.25, 0.3) is 0 Å². The number of nitrogens with one attached hydrogen (secondary N) is 1. The summed E-state index contributed by atoms with van der Waals surface area (Å²) < 4.78 is 0. The van der Waals surface area contributed by atoms with Crippen LogP contribution in [0.25, 0.3) is 0 Å². The second-order valence-corrected chi connectivity index (χ2v) is 5.62. The zero-order chi connectivity index (χ0) is 15.9. The van der Waals surface area contributed by atoms with E-state index in [2.05, 4.69) is 5.32 Å². The second kappa shape index (κ2) is 8.52. The van der Waals surface area contributed by atoms with E-state index in [9.17, 15) is 14.4 Å². The Balaban J connectivity index is 4.46. The van der Waals surface area contributed by atoms with Gasteiger partial charge >= 0.3 is 0 Å². The van der Waals surface area contributed by atoms with Crippen molar-refractivity contribution in [2.45, 2.75) is 33.7 Å². The predicted octanol–water partition coefficient (Wildman–Crippen LogP) is -0.944. The van der Waals surface area contributed by atoms with Crippen molar-refractivity contribution in [1.29, 1.82) is 0 Å². The zero-order valence-electron chi connectivity index (χ0n) is 12.7. The van der Waals surface area contributed by atoms with E-state index < -0.39 is 11.9 Å². The molecule has 0 heterocycles. The summed E-state index contributed by atoms with van der Waals surface area (Å²) in [5, 5.41) is 2.48. The standard InChI is InChI=1S/C13H26N4O3/c1-8(2)6-17(7-10(14)18)11(19)5-16-13(20)12(15)9(3)4/h8-9,12H,5-7,15H2,1-4H3,(H2,14,18)(H,16,20)/t12-/m0/s1. The van der Waals surface area contributed by atoms with Crippen LogP contribution in [0.2, 0.25) is 0 Å². The lowest BCUT2D eigenvalue weighted by molar-refractivity contribution is -0.136. The summed E-state index contributed by atoms with van der Waals surface area (Å²) in [6.07, 6.45) is 0. The molecule has 0 aliphatic carbocycles. The number of primary amides is 1. The maximum Gasteiger partial charge on any atom is 0.242 e. The molecule has 0 saturated heterocycles. The van der Waals surface area contributed by atoms with Crippen LogP contribution >= 0.6 is 0 Å². The summed E-state index contributed by atoms with van der Waals surface area (Å²) in [5.74, 6) is -1.11. The highest BCUT2D eigenvalue weighted by molar-refractivity contribution is 5.89. The topological polar surface area (TPSA) is 119 Å². The van der Waals surface area contributed by atoms with Gasteiger partial charge in [-0.25, -0.2) is 0 Å². The monoisotopic (exact) mass is 286 g/mol. The molecule has 0 aromatic rings. The molecule has 0 fully saturated rings. The molecule has 0 spiro atoms. The van der Waals surface area contributed by atoms with Crippen LogP contribution in [0.1, 0.15) is 27.7 Å². The summed E-state index contributed by atoms with van der Waals surface area (Å²) in [4.78, 5) is 35.9. The van der Waals surface area contributed by atoms with Gasteiger partial charge in [0.2, 0.25) is 17.7 Å². The molecule has 0 unspecified atom stereocenters. The smallest absolute Gasteiger partial charge is 0.242 e. The third kappa shape index (κ3) is 7.08. The minimum absolute atomic E-state index is 0.0116. The third-order valence-electron chi connectivity index (χ3n) is 2.72. The molecule has 0 aromatic carbocycles. The summed E-state index contributed by atoms with van der Waals surface area (Å²) in [7, 11) is 0. The van der Waals surface area contributed by atoms with Crippen molar-refractivity contribution < 1.29 is 14.4 Å². The van der Waals surface area contributed by atoms with Crippen molar-refractivity contribution in [3.63, 3.8) is 0 Å². The van der Waals surface area contributed by atoms with Crippen molar-refractivity contribution in [2.24, 2.45) is 23.3 Å². The fraction of sp³-hybridized carbons (Fsp3) is 0.769. The first-order valence-corrected chi connectivity index (χ1v) is 6.74. The molecule has 20 heavy (non-hydrogen) atoms. The van der Waals surface area contributed by atoms with Crippen LogP contribution in [0.5, 0.6) is 0 Å². The first-order valence-electron chi connectivity index (χ1n) is 6.74. The van der Waals surface area contributed by atoms with Crippen LogP contribution in [0, 0.1) is 11.8 Å². The fourth-order valence-electron chi connectivity index (χ4n) is 1.58. The van der Waals surface area contributed by atoms with Crippen LogP contribution in [0.3, 0.4) is 0 Å². The van der Waals surface area contributed by atoms with Gasteiger partial charge in [-0.05, 0) is 11.8 Å². The van der Waals surface area contributed by atoms with E-state index in [1.54, 1.807) is 0 Å². The van der Waals surface area contributed by atoms with Crippen molar-refractivity contribution in [3.8, 4) is 0 Å². The predicted molar refractivity (Wildman–Crippen MR) is 76.4 cm³/mol. The van der Waals surface area contributed by atoms with Gasteiger partial charge < -0.3 is 21.7 Å². The molecule has 0 radical (unpaired) electrons. The van der Waals surface area contributed by atoms with E-state index in [1.807, 2.05) is 27.7 Å². The number of hydrogen-bond donors (Lipinski definition) is 3. The number of rotatable bonds is 8. The molecule has 1 atom stereocenters. The fourth-order valence-corrected chi connectivity index (χ4v) is 1.58. The Morgan fingerprint density at radius 3 is 2.10 bits per heavy atom. The minimum Gasteiger partial charge on any atom is -0.368 e. The molecular formula is C13H26N4O3. The highest BCUT2D eigenvalue weighted by Crippen LogP contribution is 2.00. The van der Waals surface area contributed by atoms with Crippen molar-refractivity contribution in [1.82, 2.24) is 10.2 Å². The largest absolute Gasteiger partial charge is 0.368 e. The number of nitrogens with two attached hydrogens (primary N) is 2. The van der Waals surface area contributed by atoms with E-state index >= 15 is 0 Å². The molecule has 0 aromatic heterocycles. The first-order chi connectivity index (χ1) is 9.15. The van der Waals surface area contributed by atoms with E-state index in [0.29, 0.717) is 6.54 Å². The van der Waals surface area contributed by atoms with Crippen LogP contribution in [-0.2, 0) is 14.4 Å². The molecule has 0 aliphatic rings. The summed E-state index contributed by atoms with van der Waals surface area (Å²) in [6.45, 7) is 7.58. The number of hydrogen-bond acceptors (Lipinski definition) is 4. The Hall–Kier alpha value is -1.63. The lowest BCUT2D eigenvalue weighted by Gasteiger charge is -2.24. The van der Waals surface area contributed by atoms with Gasteiger partial charge in [0, 0.05) is 6.54 Å². The lowest BCUT2D eigenvalue weighted by Crippen LogP contribution is -2.49. The normalized spacial score (nSPS) is 12.3. The number of nitrogens with zero attached hydrogens (tertiary/aromatic N) is 1. The van der Waals surface area contributed by atoms with Gasteiger partial charge in [-0.2, -0.15) is 0 Å². The molecule has 7 nitrogen and oxygen atoms in total. The summed E-state index contributed by atoms with van der Waals surface area (Å²) >= 11 is 0. The maximum absolute atomic E-state index is 12.0. The zero-order valence-corrected chi connectivity index (χ0v) is 12.7. The molecule has 0 aliphatic heterocycles. The van der Waals surface area contributed by atoms with Gasteiger partial charge in [-0.1, -0.05) is 27.7 Å². The van der Waals surface area contributed by atoms with Gasteiger partial charge in [0.05, 0.1) is 19.1 Å². The number of amides is 3. The Morgan fingerprint density at radius 1 is 1.15 bits per heavy atom. The summed E-state index contributed by atoms with van der Waals surface area (Å²) in [5.41, 5.74) is 10.8. The van der Waals surface area contributed by atoms with E-state index in [-0.39, 0.29) is 36.7 Å². The molecule has 0 bridgehead atoms. The van der Waals surface area contributed by atoms with Gasteiger partial charge in [0.1, 0.15) is 0 Å². The molecule has 5 N–H and O–H groups in total. The van der Waals surface area contributed by atoms with Gasteiger partial charge in [-0.3, -0.25) is 14.4 Å². The van der Waals surface area contributed by atoms with Crippen LogP contribution < -0.4 is 16.8 Å². The van der Waals surface area contributed by atoms with Crippen LogP contribution in [0.4, 0.5) is 0 Å². The van der Waals surface area contributed by atoms with E-state index in [1.165, 1.54) is 4.90 Å². The maximum atomic E-state index is 12.0. The summed E-state index contributed by atoms with van der Waals surface area (Å²) in [6, 6.07) is -0.655. The first kappa shape index (κ1) is 18.4. The average molecular weight is 286 g/mol. The molecule has 7 heteroatoms. The average Bonchev–Trinajstić information content (AvgIpc) is 2.32. The van der Waals surface area contributed by atoms with Gasteiger partial charge in [-0.15, -0.1) is 0 Å². The third-order valence-corrected chi connectivity index (χ3v) is 2.72. The number of carbonyl (C=O) groups excluding carboxylic acids is 3. The van der Waals surface area contributed by atoms with Gasteiger partial charge in [0.15, 0.2) is 0 Å².